The first kappa shape index (κ1) is 23.8. The molecule has 4 aromatic rings. The van der Waals surface area contributed by atoms with Gasteiger partial charge in [0.1, 0.15) is 5.69 Å². The van der Waals surface area contributed by atoms with Crippen molar-refractivity contribution < 1.29 is 9.59 Å². The van der Waals surface area contributed by atoms with Crippen LogP contribution in [0, 0.1) is 6.92 Å². The molecule has 0 bridgehead atoms. The van der Waals surface area contributed by atoms with Crippen LogP contribution in [-0.4, -0.2) is 21.2 Å². The maximum absolute atomic E-state index is 13.1. The largest absolute Gasteiger partial charge is 0.326 e. The molecule has 0 saturated heterocycles. The van der Waals surface area contributed by atoms with Gasteiger partial charge in [-0.3, -0.25) is 19.1 Å². The van der Waals surface area contributed by atoms with E-state index < -0.39 is 5.91 Å². The van der Waals surface area contributed by atoms with E-state index in [-0.39, 0.29) is 23.1 Å². The van der Waals surface area contributed by atoms with Gasteiger partial charge < -0.3 is 10.6 Å². The van der Waals surface area contributed by atoms with Gasteiger partial charge in [0, 0.05) is 24.7 Å². The molecule has 0 saturated carbocycles. The Morgan fingerprint density at radius 3 is 2.23 bits per heavy atom. The van der Waals surface area contributed by atoms with Gasteiger partial charge in [0.2, 0.25) is 5.91 Å². The third kappa shape index (κ3) is 5.24. The van der Waals surface area contributed by atoms with Gasteiger partial charge in [0.05, 0.1) is 11.4 Å². The van der Waals surface area contributed by atoms with E-state index in [1.165, 1.54) is 4.68 Å². The molecule has 7 heteroatoms. The summed E-state index contributed by atoms with van der Waals surface area (Å²) in [7, 11) is 1.77. The Balaban J connectivity index is 1.48. The molecule has 7 nitrogen and oxygen atoms in total. The lowest BCUT2D eigenvalue weighted by Gasteiger charge is -2.12. The van der Waals surface area contributed by atoms with Gasteiger partial charge in [-0.15, -0.1) is 0 Å². The van der Waals surface area contributed by atoms with Crippen molar-refractivity contribution in [1.29, 1.82) is 0 Å². The van der Waals surface area contributed by atoms with E-state index in [1.54, 1.807) is 42.9 Å². The second kappa shape index (κ2) is 10.3. The minimum Gasteiger partial charge on any atom is -0.326 e. The van der Waals surface area contributed by atoms with E-state index in [1.807, 2.05) is 67.6 Å². The fourth-order valence-electron chi connectivity index (χ4n) is 4.03. The Morgan fingerprint density at radius 2 is 1.54 bits per heavy atom. The number of carbonyl (C=O) groups is 2. The van der Waals surface area contributed by atoms with Gasteiger partial charge in [-0.2, -0.15) is 0 Å². The third-order valence-electron chi connectivity index (χ3n) is 6.06. The molecular weight excluding hydrogens is 440 g/mol. The SMILES string of the molecule is Cc1c(NC(=O)c2cccc(NC(=O)CC(C)c3ccccc3)c2)c(=O)n(-c2ccccc2)n1C. The minimum atomic E-state index is -0.426. The number of hydrogen-bond donors (Lipinski definition) is 2. The lowest BCUT2D eigenvalue weighted by molar-refractivity contribution is -0.116. The molecule has 2 N–H and O–H groups in total. The molecule has 0 fully saturated rings. The molecule has 1 heterocycles. The monoisotopic (exact) mass is 468 g/mol. The molecule has 0 aliphatic heterocycles. The van der Waals surface area contributed by atoms with E-state index in [0.717, 1.165) is 5.56 Å². The maximum atomic E-state index is 13.1. The van der Waals surface area contributed by atoms with Crippen LogP contribution in [0.1, 0.15) is 40.9 Å². The Kier molecular flexibility index (Phi) is 6.96. The van der Waals surface area contributed by atoms with Crippen molar-refractivity contribution in [2.24, 2.45) is 7.05 Å². The summed E-state index contributed by atoms with van der Waals surface area (Å²) < 4.78 is 3.22. The van der Waals surface area contributed by atoms with E-state index in [4.69, 9.17) is 0 Å². The highest BCUT2D eigenvalue weighted by molar-refractivity contribution is 6.05. The molecule has 0 spiro atoms. The second-order valence-corrected chi connectivity index (χ2v) is 8.54. The zero-order valence-electron chi connectivity index (χ0n) is 20.0. The molecular formula is C28H28N4O3. The van der Waals surface area contributed by atoms with Gasteiger partial charge in [-0.1, -0.05) is 61.5 Å². The van der Waals surface area contributed by atoms with Crippen molar-refractivity contribution in [3.05, 3.63) is 112 Å². The van der Waals surface area contributed by atoms with E-state index in [0.29, 0.717) is 29.1 Å². The van der Waals surface area contributed by atoms with Crippen molar-refractivity contribution in [2.45, 2.75) is 26.2 Å². The molecule has 1 aromatic heterocycles. The highest BCUT2D eigenvalue weighted by atomic mass is 16.2. The number of amides is 2. The molecule has 2 amide bonds. The average molecular weight is 469 g/mol. The van der Waals surface area contributed by atoms with E-state index >= 15 is 0 Å². The third-order valence-corrected chi connectivity index (χ3v) is 6.06. The van der Waals surface area contributed by atoms with Gasteiger partial charge in [0.25, 0.3) is 11.5 Å². The summed E-state index contributed by atoms with van der Waals surface area (Å²) in [5.41, 5.74) is 3.19. The highest BCUT2D eigenvalue weighted by Crippen LogP contribution is 2.20. The molecule has 3 aromatic carbocycles. The summed E-state index contributed by atoms with van der Waals surface area (Å²) in [6.07, 6.45) is 0.322. The summed E-state index contributed by atoms with van der Waals surface area (Å²) in [6, 6.07) is 25.8. The summed E-state index contributed by atoms with van der Waals surface area (Å²) >= 11 is 0. The van der Waals surface area contributed by atoms with E-state index in [9.17, 15) is 14.4 Å². The Morgan fingerprint density at radius 1 is 0.886 bits per heavy atom. The van der Waals surface area contributed by atoms with Crippen LogP contribution in [-0.2, 0) is 11.8 Å². The predicted molar refractivity (Wildman–Crippen MR) is 138 cm³/mol. The van der Waals surface area contributed by atoms with Crippen LogP contribution in [0.3, 0.4) is 0 Å². The quantitative estimate of drug-likeness (QED) is 0.406. The molecule has 0 aliphatic rings. The van der Waals surface area contributed by atoms with Crippen molar-refractivity contribution in [2.75, 3.05) is 10.6 Å². The van der Waals surface area contributed by atoms with Gasteiger partial charge >= 0.3 is 0 Å². The van der Waals surface area contributed by atoms with Crippen molar-refractivity contribution in [3.63, 3.8) is 0 Å². The molecule has 0 aliphatic carbocycles. The van der Waals surface area contributed by atoms with Crippen LogP contribution < -0.4 is 16.2 Å². The van der Waals surface area contributed by atoms with Gasteiger partial charge in [0.15, 0.2) is 0 Å². The van der Waals surface area contributed by atoms with Crippen molar-refractivity contribution >= 4 is 23.2 Å². The summed E-state index contributed by atoms with van der Waals surface area (Å²) in [5.74, 6) is -0.496. The summed E-state index contributed by atoms with van der Waals surface area (Å²) in [4.78, 5) is 38.6. The molecule has 4 rings (SSSR count). The summed E-state index contributed by atoms with van der Waals surface area (Å²) in [5, 5.41) is 5.62. The highest BCUT2D eigenvalue weighted by Gasteiger charge is 2.19. The van der Waals surface area contributed by atoms with Gasteiger partial charge in [-0.05, 0) is 48.7 Å². The number of aromatic nitrogens is 2. The fourth-order valence-corrected chi connectivity index (χ4v) is 4.03. The number of nitrogens with zero attached hydrogens (tertiary/aromatic N) is 2. The predicted octanol–water partition coefficient (Wildman–Crippen LogP) is 4.87. The smallest absolute Gasteiger partial charge is 0.295 e. The topological polar surface area (TPSA) is 85.1 Å². The van der Waals surface area contributed by atoms with Gasteiger partial charge in [-0.25, -0.2) is 4.68 Å². The molecule has 1 unspecified atom stereocenters. The van der Waals surface area contributed by atoms with E-state index in [2.05, 4.69) is 10.6 Å². The second-order valence-electron chi connectivity index (χ2n) is 8.54. The first-order chi connectivity index (χ1) is 16.8. The number of rotatable bonds is 7. The number of para-hydroxylation sites is 1. The van der Waals surface area contributed by atoms with Crippen molar-refractivity contribution in [1.82, 2.24) is 9.36 Å². The number of anilines is 2. The molecule has 178 valence electrons. The average Bonchev–Trinajstić information content (AvgIpc) is 3.08. The summed E-state index contributed by atoms with van der Waals surface area (Å²) in [6.45, 7) is 3.78. The maximum Gasteiger partial charge on any atom is 0.295 e. The Bertz CT molecular complexity index is 1410. The standard InChI is InChI=1S/C28H28N4O3/c1-19(21-11-6-4-7-12-21)17-25(33)29-23-14-10-13-22(18-23)27(34)30-26-20(2)31(3)32(28(26)35)24-15-8-5-9-16-24/h4-16,18-19H,17H2,1-3H3,(H,29,33)(H,30,34). The molecule has 0 radical (unpaired) electrons. The zero-order valence-corrected chi connectivity index (χ0v) is 20.0. The van der Waals surface area contributed by atoms with Crippen LogP contribution in [0.15, 0.2) is 89.7 Å². The zero-order chi connectivity index (χ0) is 24.9. The number of carbonyl (C=O) groups excluding carboxylic acids is 2. The van der Waals surface area contributed by atoms with Crippen LogP contribution >= 0.6 is 0 Å². The first-order valence-corrected chi connectivity index (χ1v) is 11.5. The molecule has 1 atom stereocenters. The Hall–Kier alpha value is -4.39. The fraction of sp³-hybridized carbons (Fsp3) is 0.179. The van der Waals surface area contributed by atoms with Crippen molar-refractivity contribution in [3.8, 4) is 5.69 Å². The van der Waals surface area contributed by atoms with Crippen LogP contribution in [0.5, 0.6) is 0 Å². The number of benzene rings is 3. The van der Waals surface area contributed by atoms with Crippen LogP contribution in [0.25, 0.3) is 5.69 Å². The lowest BCUT2D eigenvalue weighted by Crippen LogP contribution is -2.23. The normalized spacial score (nSPS) is 11.6. The number of hydrogen-bond acceptors (Lipinski definition) is 3. The lowest BCUT2D eigenvalue weighted by atomic mass is 9.97. The molecule has 35 heavy (non-hydrogen) atoms. The van der Waals surface area contributed by atoms with Crippen LogP contribution in [0.4, 0.5) is 11.4 Å². The minimum absolute atomic E-state index is 0.0653. The number of nitrogens with one attached hydrogen (secondary N) is 2. The Labute approximate surface area is 204 Å². The van der Waals surface area contributed by atoms with Crippen LogP contribution in [0.2, 0.25) is 0 Å². The first-order valence-electron chi connectivity index (χ1n) is 11.5.